The summed E-state index contributed by atoms with van der Waals surface area (Å²) in [5.74, 6) is 2.03. The Kier molecular flexibility index (Phi) is 8.12. The van der Waals surface area contributed by atoms with E-state index >= 15 is 0 Å². The van der Waals surface area contributed by atoms with Crippen LogP contribution in [0.3, 0.4) is 0 Å². The lowest BCUT2D eigenvalue weighted by molar-refractivity contribution is 0.0332. The van der Waals surface area contributed by atoms with Gasteiger partial charge < -0.3 is 24.7 Å². The quantitative estimate of drug-likeness (QED) is 0.672. The third-order valence-electron chi connectivity index (χ3n) is 2.96. The molecule has 1 rings (SSSR count). The first kappa shape index (κ1) is 17.8. The number of methoxy groups -OCH3 is 2. The molecular weight excluding hydrogens is 270 g/mol. The smallest absolute Gasteiger partial charge is 0.123 e. The maximum Gasteiger partial charge on any atom is 0.123 e. The van der Waals surface area contributed by atoms with Crippen molar-refractivity contribution in [3.8, 4) is 11.5 Å². The Balaban J connectivity index is 2.42. The van der Waals surface area contributed by atoms with Crippen molar-refractivity contribution in [2.75, 3.05) is 40.6 Å². The van der Waals surface area contributed by atoms with Crippen molar-refractivity contribution in [3.05, 3.63) is 23.8 Å². The van der Waals surface area contributed by atoms with Crippen LogP contribution in [0.5, 0.6) is 11.5 Å². The summed E-state index contributed by atoms with van der Waals surface area (Å²) < 4.78 is 21.5. The zero-order valence-electron chi connectivity index (χ0n) is 13.4. The fourth-order valence-electron chi connectivity index (χ4n) is 1.87. The highest BCUT2D eigenvalue weighted by Crippen LogP contribution is 2.28. The van der Waals surface area contributed by atoms with Gasteiger partial charge >= 0.3 is 0 Å². The summed E-state index contributed by atoms with van der Waals surface area (Å²) in [6, 6.07) is 5.30. The van der Waals surface area contributed by atoms with Crippen molar-refractivity contribution in [1.29, 1.82) is 0 Å². The fraction of sp³-hybridized carbons (Fsp3) is 0.625. The van der Waals surface area contributed by atoms with Gasteiger partial charge in [0.15, 0.2) is 0 Å². The van der Waals surface area contributed by atoms with Gasteiger partial charge in [-0.2, -0.15) is 0 Å². The molecule has 5 heteroatoms. The van der Waals surface area contributed by atoms with Gasteiger partial charge in [0.1, 0.15) is 11.5 Å². The molecule has 120 valence electrons. The molecule has 0 fully saturated rings. The van der Waals surface area contributed by atoms with E-state index in [1.54, 1.807) is 14.2 Å². The van der Waals surface area contributed by atoms with E-state index in [0.717, 1.165) is 23.7 Å². The maximum absolute atomic E-state index is 6.16. The summed E-state index contributed by atoms with van der Waals surface area (Å²) in [7, 11) is 3.25. The average Bonchev–Trinajstić information content (AvgIpc) is 2.49. The Hall–Kier alpha value is -1.30. The highest BCUT2D eigenvalue weighted by atomic mass is 16.5. The van der Waals surface area contributed by atoms with Gasteiger partial charge in [-0.3, -0.25) is 0 Å². The van der Waals surface area contributed by atoms with Crippen LogP contribution < -0.4 is 15.2 Å². The zero-order valence-corrected chi connectivity index (χ0v) is 13.4. The number of ether oxygens (including phenoxy) is 4. The number of hydrogen-bond acceptors (Lipinski definition) is 5. The van der Waals surface area contributed by atoms with E-state index in [-0.39, 0.29) is 6.04 Å². The number of benzene rings is 1. The van der Waals surface area contributed by atoms with E-state index in [1.165, 1.54) is 0 Å². The normalized spacial score (nSPS) is 12.5. The van der Waals surface area contributed by atoms with Crippen LogP contribution >= 0.6 is 0 Å². The van der Waals surface area contributed by atoms with Crippen molar-refractivity contribution >= 4 is 0 Å². The molecule has 0 aliphatic rings. The first-order valence-corrected chi connectivity index (χ1v) is 7.21. The van der Waals surface area contributed by atoms with Gasteiger partial charge in [0, 0.05) is 12.2 Å². The van der Waals surface area contributed by atoms with Crippen molar-refractivity contribution in [1.82, 2.24) is 0 Å². The molecule has 0 amide bonds. The van der Waals surface area contributed by atoms with E-state index in [9.17, 15) is 0 Å². The van der Waals surface area contributed by atoms with E-state index in [0.29, 0.717) is 25.7 Å². The third kappa shape index (κ3) is 6.33. The lowest BCUT2D eigenvalue weighted by Gasteiger charge is -2.17. The number of rotatable bonds is 10. The van der Waals surface area contributed by atoms with Crippen LogP contribution in [0.25, 0.3) is 0 Å². The Morgan fingerprint density at radius 3 is 2.24 bits per heavy atom. The molecule has 0 aromatic heterocycles. The van der Waals surface area contributed by atoms with Crippen LogP contribution in [-0.4, -0.2) is 40.6 Å². The molecule has 2 N–H and O–H groups in total. The summed E-state index contributed by atoms with van der Waals surface area (Å²) in [5.41, 5.74) is 7.03. The molecule has 21 heavy (non-hydrogen) atoms. The van der Waals surface area contributed by atoms with Gasteiger partial charge in [-0.1, -0.05) is 13.8 Å². The highest BCUT2D eigenvalue weighted by Gasteiger charge is 2.13. The molecular formula is C16H27NO4. The molecule has 1 unspecified atom stereocenters. The largest absolute Gasteiger partial charge is 0.497 e. The predicted octanol–water partition coefficient (Wildman–Crippen LogP) is 2.39. The lowest BCUT2D eigenvalue weighted by atomic mass is 10.1. The van der Waals surface area contributed by atoms with Gasteiger partial charge in [0.2, 0.25) is 0 Å². The van der Waals surface area contributed by atoms with Crippen LogP contribution in [-0.2, 0) is 9.47 Å². The van der Waals surface area contributed by atoms with Crippen LogP contribution in [0.4, 0.5) is 0 Å². The average molecular weight is 297 g/mol. The third-order valence-corrected chi connectivity index (χ3v) is 2.96. The minimum Gasteiger partial charge on any atom is -0.497 e. The molecule has 0 heterocycles. The van der Waals surface area contributed by atoms with Gasteiger partial charge in [0.25, 0.3) is 0 Å². The van der Waals surface area contributed by atoms with Crippen molar-refractivity contribution in [2.24, 2.45) is 11.7 Å². The molecule has 0 spiro atoms. The lowest BCUT2D eigenvalue weighted by Crippen LogP contribution is -2.20. The van der Waals surface area contributed by atoms with Crippen LogP contribution in [0.2, 0.25) is 0 Å². The van der Waals surface area contributed by atoms with E-state index in [1.807, 2.05) is 18.2 Å². The van der Waals surface area contributed by atoms with Crippen molar-refractivity contribution in [3.63, 3.8) is 0 Å². The number of nitrogens with two attached hydrogens (primary N) is 1. The zero-order chi connectivity index (χ0) is 15.7. The molecule has 1 aromatic rings. The molecule has 1 aromatic carbocycles. The fourth-order valence-corrected chi connectivity index (χ4v) is 1.87. The van der Waals surface area contributed by atoms with Crippen LogP contribution in [0.15, 0.2) is 18.2 Å². The van der Waals surface area contributed by atoms with Crippen molar-refractivity contribution < 1.29 is 18.9 Å². The molecule has 0 saturated carbocycles. The van der Waals surface area contributed by atoms with Crippen molar-refractivity contribution in [2.45, 2.75) is 19.9 Å². The monoisotopic (exact) mass is 297 g/mol. The summed E-state index contributed by atoms with van der Waals surface area (Å²) >= 11 is 0. The van der Waals surface area contributed by atoms with Gasteiger partial charge in [-0.25, -0.2) is 0 Å². The summed E-state index contributed by atoms with van der Waals surface area (Å²) in [6.07, 6.45) is 0. The molecule has 5 nitrogen and oxygen atoms in total. The summed E-state index contributed by atoms with van der Waals surface area (Å²) in [5, 5.41) is 0. The Labute approximate surface area is 127 Å². The molecule has 0 aliphatic carbocycles. The molecule has 0 saturated heterocycles. The minimum atomic E-state index is -0.264. The first-order valence-electron chi connectivity index (χ1n) is 7.21. The predicted molar refractivity (Wildman–Crippen MR) is 83.0 cm³/mol. The van der Waals surface area contributed by atoms with E-state index in [4.69, 9.17) is 24.7 Å². The Bertz CT molecular complexity index is 409. The van der Waals surface area contributed by atoms with Crippen LogP contribution in [0, 0.1) is 5.92 Å². The summed E-state index contributed by atoms with van der Waals surface area (Å²) in [4.78, 5) is 0. The highest BCUT2D eigenvalue weighted by molar-refractivity contribution is 5.42. The minimum absolute atomic E-state index is 0.264. The first-order chi connectivity index (χ1) is 10.1. The second kappa shape index (κ2) is 9.60. The topological polar surface area (TPSA) is 62.9 Å². The Morgan fingerprint density at radius 1 is 1.00 bits per heavy atom. The molecule has 0 aliphatic heterocycles. The SMILES string of the molecule is COc1ccc(OC)c(C(N)COCCOCC(C)C)c1. The van der Waals surface area contributed by atoms with E-state index in [2.05, 4.69) is 13.8 Å². The maximum atomic E-state index is 6.16. The van der Waals surface area contributed by atoms with Gasteiger partial charge in [-0.05, 0) is 24.1 Å². The molecule has 0 bridgehead atoms. The molecule has 0 radical (unpaired) electrons. The second-order valence-electron chi connectivity index (χ2n) is 5.26. The molecule has 1 atom stereocenters. The van der Waals surface area contributed by atoms with Gasteiger partial charge in [-0.15, -0.1) is 0 Å². The number of hydrogen-bond donors (Lipinski definition) is 1. The van der Waals surface area contributed by atoms with Gasteiger partial charge in [0.05, 0.1) is 40.1 Å². The van der Waals surface area contributed by atoms with Crippen LogP contribution in [0.1, 0.15) is 25.5 Å². The Morgan fingerprint density at radius 2 is 1.67 bits per heavy atom. The van der Waals surface area contributed by atoms with E-state index < -0.39 is 0 Å². The standard InChI is InChI=1S/C16H27NO4/c1-12(2)10-20-7-8-21-11-15(17)14-9-13(18-3)5-6-16(14)19-4/h5-6,9,12,15H,7-8,10-11,17H2,1-4H3. The second-order valence-corrected chi connectivity index (χ2v) is 5.26. The summed E-state index contributed by atoms with van der Waals surface area (Å²) in [6.45, 7) is 6.51.